The van der Waals surface area contributed by atoms with Gasteiger partial charge in [-0.05, 0) is 30.5 Å². The first-order valence-corrected chi connectivity index (χ1v) is 10.0. The lowest BCUT2D eigenvalue weighted by Gasteiger charge is -2.36. The van der Waals surface area contributed by atoms with Gasteiger partial charge in [-0.15, -0.1) is 5.10 Å². The lowest BCUT2D eigenvalue weighted by atomic mass is 9.99. The molecule has 2 N–H and O–H groups in total. The molecule has 8 heteroatoms. The molecule has 3 aromatic rings. The molecule has 0 amide bonds. The number of hydrogen-bond donors (Lipinski definition) is 2. The van der Waals surface area contributed by atoms with Gasteiger partial charge >= 0.3 is 0 Å². The molecule has 1 saturated heterocycles. The highest BCUT2D eigenvalue weighted by Gasteiger charge is 2.31. The molecule has 1 fully saturated rings. The number of aliphatic hydroxyl groups is 1. The van der Waals surface area contributed by atoms with Crippen molar-refractivity contribution in [2.75, 3.05) is 13.1 Å². The number of rotatable bonds is 4. The van der Waals surface area contributed by atoms with E-state index >= 15 is 0 Å². The molecular weight excluding hydrogens is 372 g/mol. The van der Waals surface area contributed by atoms with Gasteiger partial charge in [0, 0.05) is 24.5 Å². The third kappa shape index (κ3) is 3.20. The van der Waals surface area contributed by atoms with E-state index in [2.05, 4.69) is 15.0 Å². The van der Waals surface area contributed by atoms with Crippen LogP contribution in [0.4, 0.5) is 0 Å². The van der Waals surface area contributed by atoms with Crippen molar-refractivity contribution in [3.8, 4) is 5.88 Å². The van der Waals surface area contributed by atoms with Crippen LogP contribution < -0.4 is 0 Å². The van der Waals surface area contributed by atoms with Crippen LogP contribution in [0.2, 0.25) is 5.02 Å². The Balaban J connectivity index is 1.79. The standard InChI is InChI=1S/C18H21ClN4O2S/c1-2-14-20-18-23(21-14)17(25)16(26-18)15(11-4-3-5-12(19)10-11)22-8-6-13(24)7-9-22/h3-5,10,13,15,24-25H,2,6-9H2,1H3/t15-/m0/s1. The van der Waals surface area contributed by atoms with E-state index in [4.69, 9.17) is 11.6 Å². The normalized spacial score (nSPS) is 17.8. The van der Waals surface area contributed by atoms with E-state index in [0.29, 0.717) is 9.98 Å². The molecule has 0 saturated carbocycles. The molecule has 1 aliphatic heterocycles. The average Bonchev–Trinajstić information content (AvgIpc) is 3.17. The minimum Gasteiger partial charge on any atom is -0.492 e. The van der Waals surface area contributed by atoms with Crippen LogP contribution in [0.5, 0.6) is 5.88 Å². The maximum atomic E-state index is 10.8. The van der Waals surface area contributed by atoms with E-state index < -0.39 is 0 Å². The second kappa shape index (κ2) is 7.15. The van der Waals surface area contributed by atoms with Gasteiger partial charge in [0.2, 0.25) is 10.8 Å². The Hall–Kier alpha value is -1.67. The fourth-order valence-electron chi connectivity index (χ4n) is 3.47. The second-order valence-corrected chi connectivity index (χ2v) is 8.04. The van der Waals surface area contributed by atoms with E-state index in [9.17, 15) is 10.2 Å². The van der Waals surface area contributed by atoms with Crippen molar-refractivity contribution in [1.29, 1.82) is 0 Å². The molecule has 0 radical (unpaired) electrons. The van der Waals surface area contributed by atoms with Crippen molar-refractivity contribution in [1.82, 2.24) is 19.5 Å². The highest BCUT2D eigenvalue weighted by molar-refractivity contribution is 7.17. The number of nitrogens with zero attached hydrogens (tertiary/aromatic N) is 4. The summed E-state index contributed by atoms with van der Waals surface area (Å²) in [4.78, 5) is 8.27. The van der Waals surface area contributed by atoms with E-state index in [1.807, 2.05) is 31.2 Å². The first kappa shape index (κ1) is 17.7. The van der Waals surface area contributed by atoms with Gasteiger partial charge in [-0.2, -0.15) is 4.52 Å². The maximum absolute atomic E-state index is 10.8. The monoisotopic (exact) mass is 392 g/mol. The number of hydrogen-bond acceptors (Lipinski definition) is 6. The van der Waals surface area contributed by atoms with Crippen LogP contribution in [0.25, 0.3) is 4.96 Å². The quantitative estimate of drug-likeness (QED) is 0.712. The molecular formula is C18H21ClN4O2S. The second-order valence-electron chi connectivity index (χ2n) is 6.59. The van der Waals surface area contributed by atoms with Gasteiger partial charge in [0.25, 0.3) is 0 Å². The van der Waals surface area contributed by atoms with Gasteiger partial charge in [0.1, 0.15) is 0 Å². The van der Waals surface area contributed by atoms with Crippen molar-refractivity contribution in [2.24, 2.45) is 0 Å². The summed E-state index contributed by atoms with van der Waals surface area (Å²) in [6, 6.07) is 7.59. The van der Waals surface area contributed by atoms with E-state index in [0.717, 1.165) is 48.6 Å². The highest BCUT2D eigenvalue weighted by Crippen LogP contribution is 2.41. The molecule has 26 heavy (non-hydrogen) atoms. The molecule has 2 aromatic heterocycles. The zero-order valence-electron chi connectivity index (χ0n) is 14.5. The average molecular weight is 393 g/mol. The molecule has 0 spiro atoms. The molecule has 6 nitrogen and oxygen atoms in total. The largest absolute Gasteiger partial charge is 0.492 e. The first-order chi connectivity index (χ1) is 12.6. The Kier molecular flexibility index (Phi) is 4.88. The van der Waals surface area contributed by atoms with Gasteiger partial charge in [-0.3, -0.25) is 4.90 Å². The lowest BCUT2D eigenvalue weighted by molar-refractivity contribution is 0.0689. The summed E-state index contributed by atoms with van der Waals surface area (Å²) in [5.74, 6) is 0.854. The zero-order chi connectivity index (χ0) is 18.3. The molecule has 0 bridgehead atoms. The van der Waals surface area contributed by atoms with Crippen LogP contribution in [0.3, 0.4) is 0 Å². The molecule has 1 aliphatic rings. The molecule has 1 aromatic carbocycles. The SMILES string of the molecule is CCc1nc2sc([C@H](c3cccc(Cl)c3)N3CCC(O)CC3)c(O)n2n1. The van der Waals surface area contributed by atoms with Crippen LogP contribution in [-0.4, -0.2) is 48.9 Å². The number of aromatic nitrogens is 3. The molecule has 138 valence electrons. The number of benzene rings is 1. The fourth-order valence-corrected chi connectivity index (χ4v) is 4.80. The number of piperidine rings is 1. The minimum atomic E-state index is -0.255. The van der Waals surface area contributed by atoms with E-state index in [-0.39, 0.29) is 18.0 Å². The van der Waals surface area contributed by atoms with Gasteiger partial charge < -0.3 is 10.2 Å². The number of halogens is 1. The third-order valence-electron chi connectivity index (χ3n) is 4.84. The van der Waals surface area contributed by atoms with Crippen molar-refractivity contribution in [3.05, 3.63) is 45.6 Å². The molecule has 0 unspecified atom stereocenters. The summed E-state index contributed by atoms with van der Waals surface area (Å²) in [5, 5.41) is 25.8. The van der Waals surface area contributed by atoms with Crippen LogP contribution in [0.1, 0.15) is 42.1 Å². The summed E-state index contributed by atoms with van der Waals surface area (Å²) in [7, 11) is 0. The number of aryl methyl sites for hydroxylation is 1. The summed E-state index contributed by atoms with van der Waals surface area (Å²) in [5.41, 5.74) is 1.02. The number of fused-ring (bicyclic) bond motifs is 1. The Labute approximate surface area is 160 Å². The van der Waals surface area contributed by atoms with Gasteiger partial charge in [-0.25, -0.2) is 4.98 Å². The minimum absolute atomic E-state index is 0.133. The van der Waals surface area contributed by atoms with Crippen LogP contribution in [-0.2, 0) is 6.42 Å². The molecule has 1 atom stereocenters. The summed E-state index contributed by atoms with van der Waals surface area (Å²) < 4.78 is 1.52. The van der Waals surface area contributed by atoms with Crippen LogP contribution in [0, 0.1) is 0 Å². The lowest BCUT2D eigenvalue weighted by Crippen LogP contribution is -2.38. The Morgan fingerprint density at radius 3 is 2.77 bits per heavy atom. The van der Waals surface area contributed by atoms with Gasteiger partial charge in [0.05, 0.1) is 17.0 Å². The van der Waals surface area contributed by atoms with Gasteiger partial charge in [-0.1, -0.05) is 42.0 Å². The summed E-state index contributed by atoms with van der Waals surface area (Å²) in [6.07, 6.45) is 1.91. The smallest absolute Gasteiger partial charge is 0.230 e. The van der Waals surface area contributed by atoms with Crippen molar-refractivity contribution < 1.29 is 10.2 Å². The van der Waals surface area contributed by atoms with E-state index in [1.165, 1.54) is 15.9 Å². The molecule has 3 heterocycles. The Morgan fingerprint density at radius 1 is 1.35 bits per heavy atom. The molecule has 0 aliphatic carbocycles. The number of aliphatic hydroxyl groups excluding tert-OH is 1. The summed E-state index contributed by atoms with van der Waals surface area (Å²) in [6.45, 7) is 3.50. The number of thiazole rings is 1. The Bertz CT molecular complexity index is 917. The number of likely N-dealkylation sites (tertiary alicyclic amines) is 1. The van der Waals surface area contributed by atoms with Crippen LogP contribution >= 0.6 is 22.9 Å². The fraction of sp³-hybridized carbons (Fsp3) is 0.444. The summed E-state index contributed by atoms with van der Waals surface area (Å²) >= 11 is 7.68. The van der Waals surface area contributed by atoms with E-state index in [1.54, 1.807) is 0 Å². The maximum Gasteiger partial charge on any atom is 0.230 e. The highest BCUT2D eigenvalue weighted by atomic mass is 35.5. The topological polar surface area (TPSA) is 73.9 Å². The third-order valence-corrected chi connectivity index (χ3v) is 6.14. The van der Waals surface area contributed by atoms with Crippen molar-refractivity contribution in [2.45, 2.75) is 38.3 Å². The van der Waals surface area contributed by atoms with Crippen LogP contribution in [0.15, 0.2) is 24.3 Å². The Morgan fingerprint density at radius 2 is 2.12 bits per heavy atom. The number of aromatic hydroxyl groups is 1. The zero-order valence-corrected chi connectivity index (χ0v) is 16.0. The van der Waals surface area contributed by atoms with Crippen molar-refractivity contribution >= 4 is 27.9 Å². The molecule has 4 rings (SSSR count). The van der Waals surface area contributed by atoms with Gasteiger partial charge in [0.15, 0.2) is 5.82 Å². The van der Waals surface area contributed by atoms with Crippen molar-refractivity contribution in [3.63, 3.8) is 0 Å². The predicted molar refractivity (Wildman–Crippen MR) is 102 cm³/mol. The first-order valence-electron chi connectivity index (χ1n) is 8.81. The predicted octanol–water partition coefficient (Wildman–Crippen LogP) is 3.26.